The van der Waals surface area contributed by atoms with Gasteiger partial charge >= 0.3 is 5.97 Å². The smallest absolute Gasteiger partial charge is 0.303 e. The summed E-state index contributed by atoms with van der Waals surface area (Å²) in [6.45, 7) is 0. The first kappa shape index (κ1) is 15.7. The summed E-state index contributed by atoms with van der Waals surface area (Å²) in [4.78, 5) is 22.3. The first-order valence-electron chi connectivity index (χ1n) is 7.60. The van der Waals surface area contributed by atoms with E-state index in [2.05, 4.69) is 10.5 Å². The number of carboxylic acids is 1. The molecule has 0 radical (unpaired) electrons. The Hall–Kier alpha value is -3.15. The van der Waals surface area contributed by atoms with Crippen molar-refractivity contribution in [3.05, 3.63) is 48.5 Å². The summed E-state index contributed by atoms with van der Waals surface area (Å²) in [5, 5.41) is 16.3. The van der Waals surface area contributed by atoms with Crippen molar-refractivity contribution in [1.29, 1.82) is 0 Å². The molecular formula is C18H16N2O4. The van der Waals surface area contributed by atoms with Crippen LogP contribution in [0.3, 0.4) is 0 Å². The number of aliphatic carboxylic acids is 1. The Morgan fingerprint density at radius 2 is 1.88 bits per heavy atom. The summed E-state index contributed by atoms with van der Waals surface area (Å²) in [5.41, 5.74) is 2.89. The van der Waals surface area contributed by atoms with Crippen molar-refractivity contribution in [1.82, 2.24) is 5.16 Å². The molecule has 0 spiro atoms. The zero-order valence-corrected chi connectivity index (χ0v) is 12.9. The molecule has 1 heterocycles. The Balaban J connectivity index is 1.73. The van der Waals surface area contributed by atoms with E-state index in [4.69, 9.17) is 9.63 Å². The van der Waals surface area contributed by atoms with Crippen LogP contribution in [-0.4, -0.2) is 22.1 Å². The van der Waals surface area contributed by atoms with Crippen molar-refractivity contribution in [2.45, 2.75) is 19.3 Å². The van der Waals surface area contributed by atoms with Gasteiger partial charge in [-0.15, -0.1) is 0 Å². The van der Waals surface area contributed by atoms with E-state index in [1.165, 1.54) is 0 Å². The van der Waals surface area contributed by atoms with E-state index >= 15 is 0 Å². The average Bonchev–Trinajstić information content (AvgIpc) is 2.98. The van der Waals surface area contributed by atoms with Gasteiger partial charge in [0.2, 0.25) is 5.91 Å². The van der Waals surface area contributed by atoms with Gasteiger partial charge in [-0.3, -0.25) is 9.59 Å². The third-order valence-corrected chi connectivity index (χ3v) is 3.60. The summed E-state index contributed by atoms with van der Waals surface area (Å²) in [5.74, 6) is -1.13. The number of nitrogens with zero attached hydrogens (tertiary/aromatic N) is 1. The van der Waals surface area contributed by atoms with Gasteiger partial charge in [0, 0.05) is 35.5 Å². The van der Waals surface area contributed by atoms with Crippen molar-refractivity contribution in [3.63, 3.8) is 0 Å². The standard InChI is InChI=1S/C18H16N2O4/c21-16(7-4-8-17(22)23)19-13-9-10-14-15(11-13)24-20-18(14)12-5-2-1-3-6-12/h1-3,5-6,9-11H,4,7-8H2,(H,19,21)(H,22,23). The lowest BCUT2D eigenvalue weighted by atomic mass is 10.1. The molecule has 0 bridgehead atoms. The fourth-order valence-electron chi connectivity index (χ4n) is 2.44. The molecule has 0 saturated heterocycles. The van der Waals surface area contributed by atoms with Crippen LogP contribution in [0.1, 0.15) is 19.3 Å². The topological polar surface area (TPSA) is 92.4 Å². The van der Waals surface area contributed by atoms with Gasteiger partial charge in [0.05, 0.1) is 0 Å². The molecule has 0 aliphatic rings. The molecule has 1 aromatic heterocycles. The minimum Gasteiger partial charge on any atom is -0.481 e. The molecular weight excluding hydrogens is 308 g/mol. The second kappa shape index (κ2) is 6.95. The molecule has 3 rings (SSSR count). The van der Waals surface area contributed by atoms with Gasteiger partial charge < -0.3 is 14.9 Å². The highest BCUT2D eigenvalue weighted by Crippen LogP contribution is 2.29. The van der Waals surface area contributed by atoms with Gasteiger partial charge in [0.15, 0.2) is 5.58 Å². The fraction of sp³-hybridized carbons (Fsp3) is 0.167. The van der Waals surface area contributed by atoms with Crippen LogP contribution < -0.4 is 5.32 Å². The number of benzene rings is 2. The van der Waals surface area contributed by atoms with Crippen molar-refractivity contribution < 1.29 is 19.2 Å². The molecule has 6 nitrogen and oxygen atoms in total. The average molecular weight is 324 g/mol. The normalized spacial score (nSPS) is 10.7. The lowest BCUT2D eigenvalue weighted by Gasteiger charge is -2.04. The van der Waals surface area contributed by atoms with Crippen LogP contribution in [0.4, 0.5) is 5.69 Å². The van der Waals surface area contributed by atoms with Crippen LogP contribution in [0.15, 0.2) is 53.1 Å². The largest absolute Gasteiger partial charge is 0.481 e. The Morgan fingerprint density at radius 1 is 1.08 bits per heavy atom. The Morgan fingerprint density at radius 3 is 2.62 bits per heavy atom. The van der Waals surface area contributed by atoms with Crippen LogP contribution in [0.5, 0.6) is 0 Å². The van der Waals surface area contributed by atoms with Gasteiger partial charge in [-0.25, -0.2) is 0 Å². The van der Waals surface area contributed by atoms with Crippen molar-refractivity contribution in [2.24, 2.45) is 0 Å². The number of carbonyl (C=O) groups is 2. The first-order valence-corrected chi connectivity index (χ1v) is 7.60. The molecule has 0 saturated carbocycles. The van der Waals surface area contributed by atoms with Gasteiger partial charge in [-0.2, -0.15) is 0 Å². The second-order valence-electron chi connectivity index (χ2n) is 5.40. The molecule has 3 aromatic rings. The van der Waals surface area contributed by atoms with Crippen molar-refractivity contribution >= 4 is 28.5 Å². The molecule has 0 aliphatic heterocycles. The number of carbonyl (C=O) groups excluding carboxylic acids is 1. The molecule has 0 atom stereocenters. The Labute approximate surface area is 138 Å². The van der Waals surface area contributed by atoms with Gasteiger partial charge in [-0.05, 0) is 18.6 Å². The molecule has 1 amide bonds. The van der Waals surface area contributed by atoms with E-state index in [-0.39, 0.29) is 18.7 Å². The Bertz CT molecular complexity index is 871. The van der Waals surface area contributed by atoms with Crippen molar-refractivity contribution in [2.75, 3.05) is 5.32 Å². The van der Waals surface area contributed by atoms with E-state index in [1.807, 2.05) is 36.4 Å². The van der Waals surface area contributed by atoms with Crippen LogP contribution in [0, 0.1) is 0 Å². The van der Waals surface area contributed by atoms with Crippen LogP contribution in [0.25, 0.3) is 22.2 Å². The van der Waals surface area contributed by atoms with E-state index < -0.39 is 5.97 Å². The number of rotatable bonds is 6. The first-order chi connectivity index (χ1) is 11.6. The summed E-state index contributed by atoms with van der Waals surface area (Å²) < 4.78 is 5.36. The van der Waals surface area contributed by atoms with Gasteiger partial charge in [0.25, 0.3) is 0 Å². The van der Waals surface area contributed by atoms with Gasteiger partial charge in [0.1, 0.15) is 5.69 Å². The SMILES string of the molecule is O=C(O)CCCC(=O)Nc1ccc2c(-c3ccccc3)noc2c1. The highest BCUT2D eigenvalue weighted by Gasteiger charge is 2.11. The Kier molecular flexibility index (Phi) is 4.56. The molecule has 0 fully saturated rings. The number of hydrogen-bond acceptors (Lipinski definition) is 4. The summed E-state index contributed by atoms with van der Waals surface area (Å²) in [6.07, 6.45) is 0.453. The highest BCUT2D eigenvalue weighted by molar-refractivity contribution is 5.96. The second-order valence-corrected chi connectivity index (χ2v) is 5.40. The maximum absolute atomic E-state index is 11.8. The van der Waals surface area contributed by atoms with E-state index in [9.17, 15) is 9.59 Å². The highest BCUT2D eigenvalue weighted by atomic mass is 16.5. The monoisotopic (exact) mass is 324 g/mol. The van der Waals surface area contributed by atoms with Crippen LogP contribution in [0.2, 0.25) is 0 Å². The maximum atomic E-state index is 11.8. The fourth-order valence-corrected chi connectivity index (χ4v) is 2.44. The lowest BCUT2D eigenvalue weighted by Crippen LogP contribution is -2.11. The van der Waals surface area contributed by atoms with E-state index in [0.717, 1.165) is 16.6 Å². The molecule has 0 aliphatic carbocycles. The third kappa shape index (κ3) is 3.60. The van der Waals surface area contributed by atoms with Gasteiger partial charge in [-0.1, -0.05) is 35.5 Å². The quantitative estimate of drug-likeness (QED) is 0.721. The molecule has 2 N–H and O–H groups in total. The van der Waals surface area contributed by atoms with Crippen molar-refractivity contribution in [3.8, 4) is 11.3 Å². The number of carboxylic acid groups (broad SMARTS) is 1. The van der Waals surface area contributed by atoms with Crippen LogP contribution >= 0.6 is 0 Å². The minimum absolute atomic E-state index is 0.0189. The number of hydrogen-bond donors (Lipinski definition) is 2. The molecule has 6 heteroatoms. The molecule has 122 valence electrons. The summed E-state index contributed by atoms with van der Waals surface area (Å²) in [7, 11) is 0. The van der Waals surface area contributed by atoms with E-state index in [0.29, 0.717) is 17.7 Å². The zero-order chi connectivity index (χ0) is 16.9. The minimum atomic E-state index is -0.903. The number of nitrogens with one attached hydrogen (secondary N) is 1. The number of amides is 1. The lowest BCUT2D eigenvalue weighted by molar-refractivity contribution is -0.137. The summed E-state index contributed by atoms with van der Waals surface area (Å²) >= 11 is 0. The predicted molar refractivity (Wildman–Crippen MR) is 89.6 cm³/mol. The van der Waals surface area contributed by atoms with E-state index in [1.54, 1.807) is 12.1 Å². The molecule has 2 aromatic carbocycles. The zero-order valence-electron chi connectivity index (χ0n) is 12.9. The number of fused-ring (bicyclic) bond motifs is 1. The maximum Gasteiger partial charge on any atom is 0.303 e. The molecule has 0 unspecified atom stereocenters. The predicted octanol–water partition coefficient (Wildman–Crippen LogP) is 3.69. The third-order valence-electron chi connectivity index (χ3n) is 3.60. The number of aromatic nitrogens is 1. The molecule has 24 heavy (non-hydrogen) atoms. The number of anilines is 1. The summed E-state index contributed by atoms with van der Waals surface area (Å²) in [6, 6.07) is 15.0. The van der Waals surface area contributed by atoms with Crippen LogP contribution in [-0.2, 0) is 9.59 Å².